The van der Waals surface area contributed by atoms with Gasteiger partial charge in [0.1, 0.15) is 18.1 Å². The summed E-state index contributed by atoms with van der Waals surface area (Å²) < 4.78 is 29.2. The van der Waals surface area contributed by atoms with E-state index in [0.717, 1.165) is 46.9 Å². The van der Waals surface area contributed by atoms with Crippen LogP contribution in [0.25, 0.3) is 21.9 Å². The smallest absolute Gasteiger partial charge is 0.166 e. The lowest BCUT2D eigenvalue weighted by Gasteiger charge is -2.24. The molecule has 1 saturated carbocycles. The largest absolute Gasteiger partial charge is 0.371 e. The summed E-state index contributed by atoms with van der Waals surface area (Å²) >= 11 is 0. The fourth-order valence-electron chi connectivity index (χ4n) is 5.85. The number of pyridine rings is 1. The first-order valence-corrected chi connectivity index (χ1v) is 12.2. The predicted molar refractivity (Wildman–Crippen MR) is 135 cm³/mol. The molecule has 0 bridgehead atoms. The molecule has 0 amide bonds. The Balaban J connectivity index is 0.00000267. The number of anilines is 1. The fraction of sp³-hybridized carbons (Fsp3) is 0.444. The summed E-state index contributed by atoms with van der Waals surface area (Å²) in [5.41, 5.74) is 3.91. The van der Waals surface area contributed by atoms with Crippen LogP contribution in [-0.4, -0.2) is 44.6 Å². The molecule has 35 heavy (non-hydrogen) atoms. The molecular formula is C27H32FN5O2. The predicted octanol–water partition coefficient (Wildman–Crippen LogP) is 5.43. The van der Waals surface area contributed by atoms with E-state index in [4.69, 9.17) is 9.47 Å². The summed E-state index contributed by atoms with van der Waals surface area (Å²) in [6.07, 6.45) is 6.56. The number of benzene rings is 1. The minimum atomic E-state index is -0.611. The summed E-state index contributed by atoms with van der Waals surface area (Å²) in [4.78, 5) is 13.4. The van der Waals surface area contributed by atoms with Gasteiger partial charge in [-0.2, -0.15) is 0 Å². The van der Waals surface area contributed by atoms with Crippen LogP contribution in [0.4, 0.5) is 10.2 Å². The van der Waals surface area contributed by atoms with Crippen LogP contribution in [0.1, 0.15) is 45.4 Å². The first-order chi connectivity index (χ1) is 16.8. The van der Waals surface area contributed by atoms with Crippen LogP contribution in [0.2, 0.25) is 0 Å². The van der Waals surface area contributed by atoms with Crippen LogP contribution in [-0.2, 0) is 15.9 Å². The summed E-state index contributed by atoms with van der Waals surface area (Å²) in [6.45, 7) is 6.00. The Morgan fingerprint density at radius 1 is 1.17 bits per heavy atom. The number of ether oxygens (including phenoxy) is 2. The Hall–Kier alpha value is -3.10. The molecule has 0 radical (unpaired) electrons. The Labute approximate surface area is 205 Å². The maximum absolute atomic E-state index is 14.1. The van der Waals surface area contributed by atoms with Crippen molar-refractivity contribution in [3.63, 3.8) is 0 Å². The highest BCUT2D eigenvalue weighted by atomic mass is 19.1. The topological polar surface area (TPSA) is 74.1 Å². The summed E-state index contributed by atoms with van der Waals surface area (Å²) in [7, 11) is 1.68. The van der Waals surface area contributed by atoms with Gasteiger partial charge in [0.25, 0.3) is 0 Å². The molecule has 4 aromatic rings. The molecule has 6 rings (SSSR count). The summed E-state index contributed by atoms with van der Waals surface area (Å²) in [5.74, 6) is -0.333. The van der Waals surface area contributed by atoms with Crippen molar-refractivity contribution in [1.29, 1.82) is 0 Å². The number of rotatable bonds is 5. The van der Waals surface area contributed by atoms with Crippen LogP contribution in [0.15, 0.2) is 42.9 Å². The van der Waals surface area contributed by atoms with Crippen LogP contribution < -0.4 is 5.32 Å². The van der Waals surface area contributed by atoms with Gasteiger partial charge in [-0.15, -0.1) is 0 Å². The van der Waals surface area contributed by atoms with Crippen LogP contribution >= 0.6 is 0 Å². The van der Waals surface area contributed by atoms with Crippen molar-refractivity contribution in [3.05, 3.63) is 59.9 Å². The first kappa shape index (κ1) is 22.4. The van der Waals surface area contributed by atoms with Gasteiger partial charge in [-0.3, -0.25) is 0 Å². The zero-order chi connectivity index (χ0) is 24.3. The number of aromatic nitrogens is 4. The van der Waals surface area contributed by atoms with Gasteiger partial charge in [0.15, 0.2) is 17.4 Å². The number of halogens is 1. The van der Waals surface area contributed by atoms with Gasteiger partial charge in [-0.05, 0) is 69.7 Å². The molecule has 184 valence electrons. The molecule has 8 heteroatoms. The normalized spacial score (nSPS) is 25.4. The lowest BCUT2D eigenvalue weighted by Crippen LogP contribution is -2.27. The van der Waals surface area contributed by atoms with Crippen LogP contribution in [0, 0.1) is 18.7 Å². The molecule has 0 spiro atoms. The number of fused-ring (bicyclic) bond motifs is 3. The van der Waals surface area contributed by atoms with E-state index >= 15 is 0 Å². The molecule has 0 unspecified atom stereocenters. The van der Waals surface area contributed by atoms with E-state index in [2.05, 4.69) is 49.2 Å². The fourth-order valence-corrected chi connectivity index (χ4v) is 5.85. The third kappa shape index (κ3) is 3.85. The molecule has 7 nitrogen and oxygen atoms in total. The van der Waals surface area contributed by atoms with Crippen molar-refractivity contribution in [2.24, 2.45) is 5.92 Å². The van der Waals surface area contributed by atoms with Crippen molar-refractivity contribution in [3.8, 4) is 0 Å². The van der Waals surface area contributed by atoms with Gasteiger partial charge >= 0.3 is 0 Å². The molecule has 4 heterocycles. The number of aryl methyl sites for hydroxylation is 2. The van der Waals surface area contributed by atoms with Gasteiger partial charge in [0.2, 0.25) is 0 Å². The maximum atomic E-state index is 14.1. The van der Waals surface area contributed by atoms with Crippen molar-refractivity contribution >= 4 is 27.8 Å². The molecule has 1 aliphatic carbocycles. The highest BCUT2D eigenvalue weighted by Gasteiger charge is 2.54. The van der Waals surface area contributed by atoms with E-state index in [-0.39, 0.29) is 31.3 Å². The number of nitrogens with one attached hydrogen (secondary N) is 1. The van der Waals surface area contributed by atoms with E-state index in [0.29, 0.717) is 5.92 Å². The second-order valence-corrected chi connectivity index (χ2v) is 10.2. The van der Waals surface area contributed by atoms with Crippen molar-refractivity contribution in [2.45, 2.75) is 64.1 Å². The second kappa shape index (κ2) is 8.24. The number of hydrogen-bond donors (Lipinski definition) is 1. The Kier molecular flexibility index (Phi) is 5.27. The van der Waals surface area contributed by atoms with Crippen molar-refractivity contribution in [2.75, 3.05) is 12.4 Å². The quantitative estimate of drug-likeness (QED) is 0.413. The third-order valence-electron chi connectivity index (χ3n) is 7.49. The number of nitrogens with zero attached hydrogens (tertiary/aromatic N) is 4. The molecule has 2 aliphatic rings. The Morgan fingerprint density at radius 3 is 2.83 bits per heavy atom. The van der Waals surface area contributed by atoms with Gasteiger partial charge < -0.3 is 19.4 Å². The van der Waals surface area contributed by atoms with E-state index in [1.807, 2.05) is 26.8 Å². The standard InChI is InChI=1S/C27H30FN5O2.H2/c1-15-19-9-10-33(26(19)31-14-30-15)22-13-18(23-24(22)35-27(2,3)34-23)8-6-16-5-7-17-12-20(28)25(29-4)32-21(17)11-16;/h5,7,9-12,14,18,22-24H,6,8,13H2,1-4H3,(H,29,32);1H/t18-,22+,23+,24-;/m0./s1. The highest BCUT2D eigenvalue weighted by Crippen LogP contribution is 2.49. The molecule has 1 N–H and O–H groups in total. The van der Waals surface area contributed by atoms with Gasteiger partial charge in [-0.1, -0.05) is 12.1 Å². The second-order valence-electron chi connectivity index (χ2n) is 10.2. The minimum absolute atomic E-state index is 0. The van der Waals surface area contributed by atoms with E-state index in [1.54, 1.807) is 13.4 Å². The van der Waals surface area contributed by atoms with E-state index < -0.39 is 5.79 Å². The van der Waals surface area contributed by atoms with E-state index in [9.17, 15) is 4.39 Å². The monoisotopic (exact) mass is 477 g/mol. The zero-order valence-corrected chi connectivity index (χ0v) is 20.5. The van der Waals surface area contributed by atoms with Crippen molar-refractivity contribution < 1.29 is 15.3 Å². The summed E-state index contributed by atoms with van der Waals surface area (Å²) in [6, 6.07) is 9.86. The lowest BCUT2D eigenvalue weighted by molar-refractivity contribution is -0.160. The third-order valence-corrected chi connectivity index (χ3v) is 7.49. The molecule has 1 aliphatic heterocycles. The van der Waals surface area contributed by atoms with Gasteiger partial charge in [-0.25, -0.2) is 19.3 Å². The molecule has 1 saturated heterocycles. The Bertz CT molecular complexity index is 1420. The lowest BCUT2D eigenvalue weighted by atomic mass is 9.95. The average Bonchev–Trinajstić information content (AvgIpc) is 3.48. The Morgan fingerprint density at radius 2 is 2.00 bits per heavy atom. The van der Waals surface area contributed by atoms with Gasteiger partial charge in [0, 0.05) is 25.4 Å². The number of hydrogen-bond acceptors (Lipinski definition) is 6. The average molecular weight is 478 g/mol. The van der Waals surface area contributed by atoms with Crippen molar-refractivity contribution in [1.82, 2.24) is 19.5 Å². The zero-order valence-electron chi connectivity index (χ0n) is 20.5. The first-order valence-electron chi connectivity index (χ1n) is 12.2. The van der Waals surface area contributed by atoms with Crippen LogP contribution in [0.5, 0.6) is 0 Å². The molecule has 2 fully saturated rings. The minimum Gasteiger partial charge on any atom is -0.371 e. The van der Waals surface area contributed by atoms with Gasteiger partial charge in [0.05, 0.1) is 23.4 Å². The highest BCUT2D eigenvalue weighted by molar-refractivity contribution is 5.81. The molecule has 3 aromatic heterocycles. The van der Waals surface area contributed by atoms with E-state index in [1.165, 1.54) is 11.6 Å². The molecule has 4 atom stereocenters. The SMILES string of the molecule is CNc1nc2cc(CC[C@H]3C[C@@H](n4ccc5c(C)ncnc54)[C@@H]4OC(C)(C)O[C@H]34)ccc2cc1F.[HH]. The molecular weight excluding hydrogens is 445 g/mol. The molecule has 1 aromatic carbocycles. The van der Waals surface area contributed by atoms with Crippen LogP contribution in [0.3, 0.4) is 0 Å². The summed E-state index contributed by atoms with van der Waals surface area (Å²) in [5, 5.41) is 4.70. The maximum Gasteiger partial charge on any atom is 0.166 e.